The van der Waals surface area contributed by atoms with Crippen molar-refractivity contribution in [2.24, 2.45) is 0 Å². The smallest absolute Gasteiger partial charge is 0.411 e. The Kier molecular flexibility index (Phi) is 3.98. The maximum absolute atomic E-state index is 12.1. The van der Waals surface area contributed by atoms with Gasteiger partial charge in [-0.05, 0) is 46.9 Å². The minimum absolute atomic E-state index is 0.0698. The highest BCUT2D eigenvalue weighted by Crippen LogP contribution is 2.44. The summed E-state index contributed by atoms with van der Waals surface area (Å²) in [6, 6.07) is 23.9. The molecule has 3 heteroatoms. The van der Waals surface area contributed by atoms with Gasteiger partial charge in [0.2, 0.25) is 0 Å². The first-order chi connectivity index (χ1) is 12.2. The first-order valence-corrected chi connectivity index (χ1v) is 8.26. The lowest BCUT2D eigenvalue weighted by Crippen LogP contribution is -2.17. The molecule has 1 radical (unpaired) electrons. The van der Waals surface area contributed by atoms with E-state index in [4.69, 9.17) is 4.74 Å². The van der Waals surface area contributed by atoms with Crippen molar-refractivity contribution in [1.82, 2.24) is 0 Å². The summed E-state index contributed by atoms with van der Waals surface area (Å²) in [7, 11) is 0. The molecular formula is C22H18NO2. The second-order valence-electron chi connectivity index (χ2n) is 6.15. The first-order valence-electron chi connectivity index (χ1n) is 8.26. The number of ether oxygens (including phenoxy) is 1. The second-order valence-corrected chi connectivity index (χ2v) is 6.15. The third-order valence-corrected chi connectivity index (χ3v) is 4.54. The van der Waals surface area contributed by atoms with Crippen LogP contribution < -0.4 is 5.32 Å². The zero-order valence-electron chi connectivity index (χ0n) is 13.7. The van der Waals surface area contributed by atoms with E-state index in [9.17, 15) is 4.79 Å². The molecule has 0 aromatic heterocycles. The van der Waals surface area contributed by atoms with Crippen LogP contribution in [0.2, 0.25) is 0 Å². The van der Waals surface area contributed by atoms with Crippen molar-refractivity contribution in [3.63, 3.8) is 0 Å². The fourth-order valence-corrected chi connectivity index (χ4v) is 3.34. The van der Waals surface area contributed by atoms with E-state index < -0.39 is 6.09 Å². The molecular weight excluding hydrogens is 310 g/mol. The van der Waals surface area contributed by atoms with Crippen LogP contribution in [-0.2, 0) is 4.74 Å². The van der Waals surface area contributed by atoms with Gasteiger partial charge in [0.1, 0.15) is 6.61 Å². The molecule has 4 rings (SSSR count). The third-order valence-electron chi connectivity index (χ3n) is 4.54. The highest BCUT2D eigenvalue weighted by molar-refractivity contribution is 5.85. The summed E-state index contributed by atoms with van der Waals surface area (Å²) in [5, 5.41) is 2.75. The van der Waals surface area contributed by atoms with E-state index in [2.05, 4.69) is 36.5 Å². The van der Waals surface area contributed by atoms with Crippen molar-refractivity contribution >= 4 is 11.8 Å². The van der Waals surface area contributed by atoms with E-state index >= 15 is 0 Å². The fourth-order valence-electron chi connectivity index (χ4n) is 3.34. The molecule has 25 heavy (non-hydrogen) atoms. The predicted molar refractivity (Wildman–Crippen MR) is 99.6 cm³/mol. The maximum atomic E-state index is 12.1. The number of carbonyl (C=O) groups is 1. The van der Waals surface area contributed by atoms with Crippen molar-refractivity contribution in [2.75, 3.05) is 11.9 Å². The van der Waals surface area contributed by atoms with Crippen LogP contribution in [0.5, 0.6) is 0 Å². The van der Waals surface area contributed by atoms with E-state index in [0.717, 1.165) is 5.56 Å². The number of rotatable bonds is 3. The number of carbonyl (C=O) groups excluding carboxylic acids is 1. The number of hydrogen-bond donors (Lipinski definition) is 1. The number of hydrogen-bond acceptors (Lipinski definition) is 2. The average molecular weight is 328 g/mol. The molecule has 0 aliphatic heterocycles. The molecule has 1 aliphatic rings. The summed E-state index contributed by atoms with van der Waals surface area (Å²) in [4.78, 5) is 12.1. The van der Waals surface area contributed by atoms with Gasteiger partial charge >= 0.3 is 6.09 Å². The lowest BCUT2D eigenvalue weighted by atomic mass is 9.98. The van der Waals surface area contributed by atoms with Crippen LogP contribution in [0.25, 0.3) is 11.1 Å². The van der Waals surface area contributed by atoms with Gasteiger partial charge in [0.15, 0.2) is 0 Å². The van der Waals surface area contributed by atoms with Gasteiger partial charge in [0.05, 0.1) is 0 Å². The normalized spacial score (nSPS) is 12.4. The molecule has 3 aromatic rings. The predicted octanol–water partition coefficient (Wildman–Crippen LogP) is 5.23. The Morgan fingerprint density at radius 1 is 0.880 bits per heavy atom. The van der Waals surface area contributed by atoms with Gasteiger partial charge in [-0.1, -0.05) is 60.7 Å². The molecule has 1 amide bonds. The number of fused-ring (bicyclic) bond motifs is 3. The van der Waals surface area contributed by atoms with Crippen LogP contribution >= 0.6 is 0 Å². The molecule has 1 aliphatic carbocycles. The minimum Gasteiger partial charge on any atom is -0.448 e. The molecule has 3 nitrogen and oxygen atoms in total. The molecule has 3 aromatic carbocycles. The minimum atomic E-state index is -0.446. The van der Waals surface area contributed by atoms with E-state index in [0.29, 0.717) is 12.3 Å². The fraction of sp³-hybridized carbons (Fsp3) is 0.0909. The van der Waals surface area contributed by atoms with Gasteiger partial charge in [-0.3, -0.25) is 5.32 Å². The standard InChI is InChI=1S/C22H18NO2/c1-15-10-12-16(13-11-15)23-22(24)25-14-21-19-8-4-2-6-17(19)18-7-3-5-9-20(18)21/h2-13,21H,1,14H2,(H,23,24). The lowest BCUT2D eigenvalue weighted by molar-refractivity contribution is 0.158. The number of anilines is 1. The van der Waals surface area contributed by atoms with Crippen LogP contribution in [0.4, 0.5) is 10.5 Å². The van der Waals surface area contributed by atoms with Gasteiger partial charge in [-0.2, -0.15) is 0 Å². The van der Waals surface area contributed by atoms with Crippen molar-refractivity contribution in [1.29, 1.82) is 0 Å². The molecule has 0 spiro atoms. The zero-order valence-corrected chi connectivity index (χ0v) is 13.7. The van der Waals surface area contributed by atoms with Crippen molar-refractivity contribution in [3.05, 3.63) is 96.4 Å². The van der Waals surface area contributed by atoms with Crippen LogP contribution in [0.15, 0.2) is 72.8 Å². The van der Waals surface area contributed by atoms with Gasteiger partial charge in [0.25, 0.3) is 0 Å². The summed E-state index contributed by atoms with van der Waals surface area (Å²) >= 11 is 0. The molecule has 1 N–H and O–H groups in total. The first kappa shape index (κ1) is 15.5. The molecule has 0 bridgehead atoms. The van der Waals surface area contributed by atoms with Crippen molar-refractivity contribution < 1.29 is 9.53 Å². The highest BCUT2D eigenvalue weighted by atomic mass is 16.5. The Balaban J connectivity index is 1.49. The van der Waals surface area contributed by atoms with Crippen molar-refractivity contribution in [3.8, 4) is 11.1 Å². The number of amides is 1. The van der Waals surface area contributed by atoms with Gasteiger partial charge in [-0.15, -0.1) is 0 Å². The zero-order chi connectivity index (χ0) is 17.2. The quantitative estimate of drug-likeness (QED) is 0.715. The van der Waals surface area contributed by atoms with Gasteiger partial charge in [0, 0.05) is 11.6 Å². The molecule has 0 saturated carbocycles. The maximum Gasteiger partial charge on any atom is 0.411 e. The van der Waals surface area contributed by atoms with E-state index in [1.165, 1.54) is 22.3 Å². The van der Waals surface area contributed by atoms with Gasteiger partial charge in [-0.25, -0.2) is 4.79 Å². The molecule has 123 valence electrons. The van der Waals surface area contributed by atoms with Crippen LogP contribution in [-0.4, -0.2) is 12.7 Å². The summed E-state index contributed by atoms with van der Waals surface area (Å²) in [6.07, 6.45) is -0.446. The van der Waals surface area contributed by atoms with Gasteiger partial charge < -0.3 is 4.74 Å². The summed E-state index contributed by atoms with van der Waals surface area (Å²) in [6.45, 7) is 4.14. The Morgan fingerprint density at radius 3 is 2.04 bits per heavy atom. The molecule has 0 atom stereocenters. The molecule has 0 saturated heterocycles. The third kappa shape index (κ3) is 3.01. The second kappa shape index (κ2) is 6.44. The molecule has 0 heterocycles. The molecule has 0 unspecified atom stereocenters. The number of nitrogens with one attached hydrogen (secondary N) is 1. The van der Waals surface area contributed by atoms with E-state index in [1.807, 2.05) is 48.5 Å². The van der Waals surface area contributed by atoms with Crippen LogP contribution in [0, 0.1) is 6.92 Å². The highest BCUT2D eigenvalue weighted by Gasteiger charge is 2.28. The lowest BCUT2D eigenvalue weighted by Gasteiger charge is -2.14. The topological polar surface area (TPSA) is 38.3 Å². The summed E-state index contributed by atoms with van der Waals surface area (Å²) < 4.78 is 5.51. The van der Waals surface area contributed by atoms with Crippen LogP contribution in [0.1, 0.15) is 22.6 Å². The monoisotopic (exact) mass is 328 g/mol. The summed E-state index contributed by atoms with van der Waals surface area (Å²) in [5.41, 5.74) is 6.45. The average Bonchev–Trinajstić information content (AvgIpc) is 2.96. The van der Waals surface area contributed by atoms with Crippen LogP contribution in [0.3, 0.4) is 0 Å². The Bertz CT molecular complexity index is 870. The Morgan fingerprint density at radius 2 is 1.44 bits per heavy atom. The Hall–Kier alpha value is -3.07. The van der Waals surface area contributed by atoms with E-state index in [-0.39, 0.29) is 5.92 Å². The number of benzene rings is 3. The Labute approximate surface area is 147 Å². The van der Waals surface area contributed by atoms with Crippen molar-refractivity contribution in [2.45, 2.75) is 5.92 Å². The molecule has 0 fully saturated rings. The summed E-state index contributed by atoms with van der Waals surface area (Å²) in [5.74, 6) is 0.0698. The largest absolute Gasteiger partial charge is 0.448 e. The van der Waals surface area contributed by atoms with E-state index in [1.54, 1.807) is 0 Å². The SMILES string of the molecule is [CH2]c1ccc(NC(=O)OCC2c3ccccc3-c3ccccc32)cc1.